The normalized spacial score (nSPS) is 18.7. The zero-order valence-electron chi connectivity index (χ0n) is 14.5. The summed E-state index contributed by atoms with van der Waals surface area (Å²) in [7, 11) is 0.567. The Balaban J connectivity index is 2.17. The van der Waals surface area contributed by atoms with Gasteiger partial charge in [0.1, 0.15) is 0 Å². The summed E-state index contributed by atoms with van der Waals surface area (Å²) in [6.07, 6.45) is 0.386. The number of benzene rings is 1. The quantitative estimate of drug-likeness (QED) is 0.571. The van der Waals surface area contributed by atoms with Crippen LogP contribution in [0.5, 0.6) is 0 Å². The number of carbonyl (C=O) groups is 1. The summed E-state index contributed by atoms with van der Waals surface area (Å²) < 4.78 is 23.5. The van der Waals surface area contributed by atoms with Gasteiger partial charge in [-0.3, -0.25) is 10.1 Å². The van der Waals surface area contributed by atoms with Gasteiger partial charge in [0.25, 0.3) is 5.69 Å². The van der Waals surface area contributed by atoms with Gasteiger partial charge in [0, 0.05) is 31.3 Å². The van der Waals surface area contributed by atoms with Crippen LogP contribution in [0.3, 0.4) is 0 Å². The number of hydrogen-bond acceptors (Lipinski definition) is 6. The summed E-state index contributed by atoms with van der Waals surface area (Å²) in [5.74, 6) is -0.0104. The van der Waals surface area contributed by atoms with Crippen LogP contribution in [0, 0.1) is 10.1 Å². The number of anilines is 1. The number of sulfone groups is 1. The first-order valence-corrected chi connectivity index (χ1v) is 10.2. The first kappa shape index (κ1) is 20.4. The fraction of sp³-hybridized carbons (Fsp3) is 0.533. The van der Waals surface area contributed by atoms with Gasteiger partial charge < -0.3 is 15.1 Å². The van der Waals surface area contributed by atoms with Crippen LogP contribution in [0.2, 0.25) is 5.02 Å². The van der Waals surface area contributed by atoms with E-state index in [0.29, 0.717) is 19.5 Å². The highest BCUT2D eigenvalue weighted by atomic mass is 35.5. The molecule has 0 spiro atoms. The Morgan fingerprint density at radius 1 is 1.38 bits per heavy atom. The van der Waals surface area contributed by atoms with E-state index < -0.39 is 26.8 Å². The number of nitrogens with zero attached hydrogens (tertiary/aromatic N) is 3. The molecule has 0 saturated carbocycles. The van der Waals surface area contributed by atoms with Crippen LogP contribution in [0.15, 0.2) is 18.2 Å². The van der Waals surface area contributed by atoms with Crippen molar-refractivity contribution in [2.75, 3.05) is 44.0 Å². The third-order valence-corrected chi connectivity index (χ3v) is 6.17. The average molecular weight is 405 g/mol. The smallest absolute Gasteiger partial charge is 0.319 e. The summed E-state index contributed by atoms with van der Waals surface area (Å²) in [6.45, 7) is 0.918. The lowest BCUT2D eigenvalue weighted by atomic mass is 10.2. The lowest BCUT2D eigenvalue weighted by Crippen LogP contribution is -2.46. The molecule has 0 bridgehead atoms. The van der Waals surface area contributed by atoms with E-state index in [2.05, 4.69) is 5.32 Å². The van der Waals surface area contributed by atoms with Gasteiger partial charge in [-0.15, -0.1) is 0 Å². The maximum absolute atomic E-state index is 12.7. The summed E-state index contributed by atoms with van der Waals surface area (Å²) >= 11 is 6.01. The Morgan fingerprint density at radius 2 is 2.08 bits per heavy atom. The molecule has 2 amide bonds. The molecule has 0 aliphatic carbocycles. The highest BCUT2D eigenvalue weighted by molar-refractivity contribution is 7.91. The van der Waals surface area contributed by atoms with Gasteiger partial charge in [-0.1, -0.05) is 11.6 Å². The minimum Gasteiger partial charge on any atom is -0.319 e. The molecule has 2 rings (SSSR count). The van der Waals surface area contributed by atoms with Gasteiger partial charge in [0.2, 0.25) is 0 Å². The molecule has 1 aliphatic heterocycles. The molecule has 9 nitrogen and oxygen atoms in total. The summed E-state index contributed by atoms with van der Waals surface area (Å²) in [5.41, 5.74) is 0.0531. The number of likely N-dealkylation sites (N-methyl/N-ethyl adjacent to an activating group) is 1. The lowest BCUT2D eigenvalue weighted by Gasteiger charge is -2.29. The highest BCUT2D eigenvalue weighted by Gasteiger charge is 2.34. The SMILES string of the molecule is CN(C)CCN(C(=O)Nc1ccc([N+](=O)[O-])cc1Cl)[C@H]1CCS(=O)(=O)C1. The Bertz CT molecular complexity index is 799. The molecule has 144 valence electrons. The monoisotopic (exact) mass is 404 g/mol. The van der Waals surface area contributed by atoms with Crippen LogP contribution in [-0.4, -0.2) is 73.9 Å². The van der Waals surface area contributed by atoms with Crippen molar-refractivity contribution in [1.29, 1.82) is 0 Å². The van der Waals surface area contributed by atoms with Crippen molar-refractivity contribution >= 4 is 38.8 Å². The van der Waals surface area contributed by atoms with E-state index in [-0.39, 0.29) is 27.9 Å². The maximum atomic E-state index is 12.7. The van der Waals surface area contributed by atoms with Crippen molar-refractivity contribution in [2.24, 2.45) is 0 Å². The number of rotatable bonds is 6. The topological polar surface area (TPSA) is 113 Å². The molecule has 1 heterocycles. The van der Waals surface area contributed by atoms with Crippen LogP contribution < -0.4 is 5.32 Å². The predicted octanol–water partition coefficient (Wildman–Crippen LogP) is 1.83. The molecule has 0 radical (unpaired) electrons. The molecule has 1 aromatic rings. The Hall–Kier alpha value is -1.91. The first-order valence-electron chi connectivity index (χ1n) is 7.96. The molecule has 26 heavy (non-hydrogen) atoms. The van der Waals surface area contributed by atoms with E-state index in [1.54, 1.807) is 0 Å². The van der Waals surface area contributed by atoms with Gasteiger partial charge >= 0.3 is 6.03 Å². The number of amides is 2. The van der Waals surface area contributed by atoms with Gasteiger partial charge in [-0.05, 0) is 26.6 Å². The Labute approximate surface area is 157 Å². The standard InChI is InChI=1S/C15H21ClN4O5S/c1-18(2)6-7-19(12-5-8-26(24,25)10-12)15(21)17-14-4-3-11(20(22)23)9-13(14)16/h3-4,9,12H,5-8,10H2,1-2H3,(H,17,21)/t12-/m0/s1. The van der Waals surface area contributed by atoms with E-state index in [0.717, 1.165) is 6.07 Å². The average Bonchev–Trinajstić information content (AvgIpc) is 2.88. The van der Waals surface area contributed by atoms with Crippen LogP contribution >= 0.6 is 11.6 Å². The molecular formula is C15H21ClN4O5S. The van der Waals surface area contributed by atoms with Gasteiger partial charge in [-0.2, -0.15) is 0 Å². The third kappa shape index (κ3) is 5.29. The second kappa shape index (κ2) is 8.19. The minimum absolute atomic E-state index is 0.0409. The lowest BCUT2D eigenvalue weighted by molar-refractivity contribution is -0.384. The molecule has 0 aromatic heterocycles. The molecule has 1 saturated heterocycles. The number of nitro groups is 1. The van der Waals surface area contributed by atoms with E-state index in [9.17, 15) is 23.3 Å². The molecule has 1 aliphatic rings. The first-order chi connectivity index (χ1) is 12.1. The van der Waals surface area contributed by atoms with E-state index in [4.69, 9.17) is 11.6 Å². The summed E-state index contributed by atoms with van der Waals surface area (Å²) in [4.78, 5) is 26.3. The fourth-order valence-corrected chi connectivity index (χ4v) is 4.64. The number of nitrogens with one attached hydrogen (secondary N) is 1. The number of hydrogen-bond donors (Lipinski definition) is 1. The molecule has 1 fully saturated rings. The van der Waals surface area contributed by atoms with Gasteiger partial charge in [0.15, 0.2) is 9.84 Å². The number of urea groups is 1. The zero-order chi connectivity index (χ0) is 19.5. The van der Waals surface area contributed by atoms with Crippen LogP contribution in [0.25, 0.3) is 0 Å². The van der Waals surface area contributed by atoms with Crippen LogP contribution in [-0.2, 0) is 9.84 Å². The van der Waals surface area contributed by atoms with Crippen molar-refractivity contribution in [2.45, 2.75) is 12.5 Å². The van der Waals surface area contributed by atoms with E-state index in [1.807, 2.05) is 19.0 Å². The maximum Gasteiger partial charge on any atom is 0.322 e. The van der Waals surface area contributed by atoms with Crippen molar-refractivity contribution in [3.63, 3.8) is 0 Å². The van der Waals surface area contributed by atoms with Crippen molar-refractivity contribution in [3.8, 4) is 0 Å². The van der Waals surface area contributed by atoms with Crippen LogP contribution in [0.4, 0.5) is 16.2 Å². The predicted molar refractivity (Wildman–Crippen MR) is 99.4 cm³/mol. The summed E-state index contributed by atoms with van der Waals surface area (Å²) in [6, 6.07) is 2.86. The number of nitro benzene ring substituents is 1. The molecule has 1 atom stereocenters. The number of halogens is 1. The van der Waals surface area contributed by atoms with E-state index >= 15 is 0 Å². The largest absolute Gasteiger partial charge is 0.322 e. The van der Waals surface area contributed by atoms with E-state index in [1.165, 1.54) is 17.0 Å². The molecule has 1 aromatic carbocycles. The molecule has 0 unspecified atom stereocenters. The third-order valence-electron chi connectivity index (χ3n) is 4.10. The van der Waals surface area contributed by atoms with Crippen molar-refractivity contribution in [3.05, 3.63) is 33.3 Å². The second-order valence-electron chi connectivity index (χ2n) is 6.40. The molecule has 11 heteroatoms. The second-order valence-corrected chi connectivity index (χ2v) is 9.04. The van der Waals surface area contributed by atoms with Gasteiger partial charge in [0.05, 0.1) is 27.1 Å². The zero-order valence-corrected chi connectivity index (χ0v) is 16.1. The van der Waals surface area contributed by atoms with Gasteiger partial charge in [-0.25, -0.2) is 13.2 Å². The van der Waals surface area contributed by atoms with Crippen molar-refractivity contribution < 1.29 is 18.1 Å². The minimum atomic E-state index is -3.15. The Morgan fingerprint density at radius 3 is 2.58 bits per heavy atom. The molecule has 1 N–H and O–H groups in total. The Kier molecular flexibility index (Phi) is 6.43. The fourth-order valence-electron chi connectivity index (χ4n) is 2.68. The summed E-state index contributed by atoms with van der Waals surface area (Å²) in [5, 5.41) is 13.4. The molecular weight excluding hydrogens is 384 g/mol. The number of carbonyl (C=O) groups excluding carboxylic acids is 1. The van der Waals surface area contributed by atoms with Crippen molar-refractivity contribution in [1.82, 2.24) is 9.80 Å². The highest BCUT2D eigenvalue weighted by Crippen LogP contribution is 2.27. The number of non-ortho nitro benzene ring substituents is 1. The van der Waals surface area contributed by atoms with Crippen LogP contribution in [0.1, 0.15) is 6.42 Å².